The van der Waals surface area contributed by atoms with Crippen LogP contribution in [0.15, 0.2) is 145 Å². The van der Waals surface area contributed by atoms with Crippen LogP contribution in [0.1, 0.15) is 196 Å². The second-order valence-corrected chi connectivity index (χ2v) is 32.9. The Balaban J connectivity index is 0.000000158. The molecule has 99 heavy (non-hydrogen) atoms. The summed E-state index contributed by atoms with van der Waals surface area (Å²) in [5, 5.41) is 7.63. The van der Waals surface area contributed by atoms with Crippen molar-refractivity contribution in [3.8, 4) is 5.75 Å². The molecule has 0 radical (unpaired) electrons. The monoisotopic (exact) mass is 1380 g/mol. The standard InChI is InChI=1S/C18H20N2O.C18H29NO2.C16H18N2OS.C16H25NO.C15H18N2OS/c1-18(2,3)14-7-6-9-16-13(14)10-12-20(16)17(21)15-8-4-5-11-19-15;1-15-16(18(2,3)4)7-5-8-17(15)21-12-6-9-19-10-13-20-14-11-19;1-16(2,3)12-5-4-6-13-11(12)7-9-18(13)15(19)14-17-8-10-20-14;1-16(2,3)15-6-4-5-14(13-15)7-8-17-9-11-18-12-10-17;1-10-11(15(2,3)4)6-5-7-12(10)17-13(18)14-16-8-9-19-14/h4-9,11H,10,12H2,1-3H3;5,7-8H,6,9-14H2,1-4H3;4-6,8,10H,7,9H2,1-3H3;4-6,13H,7-12H2,1-3H3;5-9H,1-4H3,(H,17,18). The lowest BCUT2D eigenvalue weighted by Crippen LogP contribution is -2.37. The number of anilines is 3. The van der Waals surface area contributed by atoms with Gasteiger partial charge in [-0.05, 0) is 159 Å². The molecule has 0 atom stereocenters. The lowest BCUT2D eigenvalue weighted by Gasteiger charge is -2.26. The van der Waals surface area contributed by atoms with E-state index in [0.717, 1.165) is 139 Å². The van der Waals surface area contributed by atoms with E-state index >= 15 is 0 Å². The first-order valence-corrected chi connectivity index (χ1v) is 37.1. The van der Waals surface area contributed by atoms with Gasteiger partial charge in [0.25, 0.3) is 17.7 Å². The SMILES string of the molecule is CC(C)(C)c1cccc(CCN2CCOCC2)c1.CC(C)(C)c1cccc2c1CCN2C(=O)c1ccccn1.CC(C)(C)c1cccc2c1CCN2C(=O)c1nccs1.Cc1c(NC(=O)c2nccs2)cccc1C(C)(C)C.Cc1c(OCCCN2CCOCC2)cccc1C(C)(C)C. The van der Waals surface area contributed by atoms with Crippen LogP contribution in [0.4, 0.5) is 17.1 Å². The summed E-state index contributed by atoms with van der Waals surface area (Å²) in [6.45, 7) is 49.9. The summed E-state index contributed by atoms with van der Waals surface area (Å²) in [5.41, 5.74) is 17.3. The number of nitrogens with zero attached hydrogens (tertiary/aromatic N) is 7. The van der Waals surface area contributed by atoms with Crippen LogP contribution in [0.2, 0.25) is 0 Å². The summed E-state index contributed by atoms with van der Waals surface area (Å²) >= 11 is 2.74. The highest BCUT2D eigenvalue weighted by molar-refractivity contribution is 7.12. The number of pyridine rings is 1. The van der Waals surface area contributed by atoms with Crippen molar-refractivity contribution in [2.75, 3.05) is 101 Å². The van der Waals surface area contributed by atoms with Crippen molar-refractivity contribution in [2.24, 2.45) is 0 Å². The maximum absolute atomic E-state index is 12.6. The molecule has 8 aromatic rings. The second-order valence-electron chi connectivity index (χ2n) is 31.1. The first-order chi connectivity index (χ1) is 46.9. The molecule has 3 aromatic heterocycles. The van der Waals surface area contributed by atoms with Gasteiger partial charge in [-0.2, -0.15) is 0 Å². The predicted molar refractivity (Wildman–Crippen MR) is 411 cm³/mol. The number of hydrogen-bond acceptors (Lipinski definition) is 13. The number of nitrogens with one attached hydrogen (secondary N) is 1. The van der Waals surface area contributed by atoms with Gasteiger partial charge in [0.05, 0.1) is 33.0 Å². The zero-order valence-corrected chi connectivity index (χ0v) is 63.9. The van der Waals surface area contributed by atoms with Crippen molar-refractivity contribution in [3.05, 3.63) is 216 Å². The van der Waals surface area contributed by atoms with Gasteiger partial charge >= 0.3 is 0 Å². The lowest BCUT2D eigenvalue weighted by molar-refractivity contribution is 0.0358. The molecule has 16 heteroatoms. The zero-order chi connectivity index (χ0) is 71.7. The molecule has 0 bridgehead atoms. The fourth-order valence-electron chi connectivity index (χ4n) is 13.0. The Kier molecular flexibility index (Phi) is 27.1. The molecule has 0 unspecified atom stereocenters. The average molecular weight is 1380 g/mol. The van der Waals surface area contributed by atoms with Gasteiger partial charge in [0.1, 0.15) is 11.4 Å². The minimum atomic E-state index is -0.149. The minimum Gasteiger partial charge on any atom is -0.493 e. The van der Waals surface area contributed by atoms with Crippen LogP contribution in [-0.4, -0.2) is 128 Å². The number of carbonyl (C=O) groups is 3. The average Bonchev–Trinajstić information content (AvgIpc) is 1.68. The molecule has 530 valence electrons. The predicted octanol–water partition coefficient (Wildman–Crippen LogP) is 17.5. The molecule has 2 saturated heterocycles. The van der Waals surface area contributed by atoms with E-state index in [1.807, 2.05) is 70.6 Å². The van der Waals surface area contributed by atoms with Crippen molar-refractivity contribution in [3.63, 3.8) is 0 Å². The number of ether oxygens (including phenoxy) is 3. The normalized spacial score (nSPS) is 15.0. The van der Waals surface area contributed by atoms with E-state index in [1.165, 1.54) is 72.7 Å². The molecule has 7 heterocycles. The molecule has 2 fully saturated rings. The summed E-state index contributed by atoms with van der Waals surface area (Å²) in [5.74, 6) is 0.888. The van der Waals surface area contributed by atoms with Gasteiger partial charge in [-0.25, -0.2) is 9.97 Å². The summed E-state index contributed by atoms with van der Waals surface area (Å²) < 4.78 is 16.7. The van der Waals surface area contributed by atoms with E-state index in [4.69, 9.17) is 14.2 Å². The topological polar surface area (TPSA) is 143 Å². The van der Waals surface area contributed by atoms with Gasteiger partial charge in [-0.15, -0.1) is 22.7 Å². The Morgan fingerprint density at radius 3 is 1.51 bits per heavy atom. The number of hydrogen-bond donors (Lipinski definition) is 1. The third-order valence-corrected chi connectivity index (χ3v) is 19.9. The summed E-state index contributed by atoms with van der Waals surface area (Å²) in [6, 6.07) is 39.4. The number of carbonyl (C=O) groups excluding carboxylic acids is 3. The van der Waals surface area contributed by atoms with E-state index in [9.17, 15) is 14.4 Å². The largest absolute Gasteiger partial charge is 0.493 e. The van der Waals surface area contributed by atoms with Crippen molar-refractivity contribution < 1.29 is 28.6 Å². The quantitative estimate of drug-likeness (QED) is 0.117. The molecule has 12 rings (SSSR count). The Bertz CT molecular complexity index is 3880. The highest BCUT2D eigenvalue weighted by Gasteiger charge is 2.33. The smallest absolute Gasteiger partial charge is 0.287 e. The number of fused-ring (bicyclic) bond motifs is 2. The van der Waals surface area contributed by atoms with Gasteiger partial charge in [-0.1, -0.05) is 183 Å². The number of aromatic nitrogens is 3. The number of thiazole rings is 2. The molecule has 4 aliphatic heterocycles. The molecule has 0 aliphatic carbocycles. The zero-order valence-electron chi connectivity index (χ0n) is 62.3. The number of benzene rings is 5. The van der Waals surface area contributed by atoms with Gasteiger partial charge in [0.15, 0.2) is 10.0 Å². The summed E-state index contributed by atoms with van der Waals surface area (Å²) in [7, 11) is 0. The molecule has 5 aromatic carbocycles. The number of rotatable bonds is 12. The first kappa shape index (κ1) is 77.3. The van der Waals surface area contributed by atoms with Crippen LogP contribution in [0.3, 0.4) is 0 Å². The van der Waals surface area contributed by atoms with E-state index in [2.05, 4.69) is 202 Å². The third kappa shape index (κ3) is 21.8. The van der Waals surface area contributed by atoms with E-state index in [1.54, 1.807) is 30.0 Å². The fraction of sp³-hybridized carbons (Fsp3) is 0.470. The summed E-state index contributed by atoms with van der Waals surface area (Å²) in [6.07, 6.45) is 9.04. The second kappa shape index (κ2) is 34.8. The lowest BCUT2D eigenvalue weighted by atomic mass is 9.83. The van der Waals surface area contributed by atoms with E-state index < -0.39 is 0 Å². The highest BCUT2D eigenvalue weighted by atomic mass is 32.1. The molecule has 0 spiro atoms. The Hall–Kier alpha value is -7.44. The van der Waals surface area contributed by atoms with Gasteiger partial charge in [-0.3, -0.25) is 29.2 Å². The van der Waals surface area contributed by atoms with Gasteiger partial charge < -0.3 is 29.3 Å². The van der Waals surface area contributed by atoms with Crippen LogP contribution < -0.4 is 19.9 Å². The molecular weight excluding hydrogens is 1270 g/mol. The maximum Gasteiger partial charge on any atom is 0.287 e. The van der Waals surface area contributed by atoms with Crippen LogP contribution in [0, 0.1) is 13.8 Å². The number of amides is 3. The molecule has 1 N–H and O–H groups in total. The van der Waals surface area contributed by atoms with Gasteiger partial charge in [0, 0.05) is 98.8 Å². The molecule has 3 amide bonds. The Labute approximate surface area is 600 Å². The molecular formula is C83H110N8O6S2. The van der Waals surface area contributed by atoms with Crippen molar-refractivity contribution in [1.29, 1.82) is 0 Å². The van der Waals surface area contributed by atoms with Crippen LogP contribution >= 0.6 is 22.7 Å². The van der Waals surface area contributed by atoms with Gasteiger partial charge in [0.2, 0.25) is 0 Å². The maximum atomic E-state index is 12.6. The van der Waals surface area contributed by atoms with Crippen molar-refractivity contribution >= 4 is 57.5 Å². The minimum absolute atomic E-state index is 0.0135. The van der Waals surface area contributed by atoms with Crippen LogP contribution in [-0.2, 0) is 55.8 Å². The summed E-state index contributed by atoms with van der Waals surface area (Å²) in [4.78, 5) is 58.2. The van der Waals surface area contributed by atoms with Crippen LogP contribution in [0.25, 0.3) is 0 Å². The van der Waals surface area contributed by atoms with E-state index in [0.29, 0.717) is 15.7 Å². The van der Waals surface area contributed by atoms with Crippen LogP contribution in [0.5, 0.6) is 5.75 Å². The Morgan fingerprint density at radius 2 is 0.990 bits per heavy atom. The van der Waals surface area contributed by atoms with Crippen molar-refractivity contribution in [1.82, 2.24) is 24.8 Å². The van der Waals surface area contributed by atoms with Crippen molar-refractivity contribution in [2.45, 2.75) is 170 Å². The molecule has 0 saturated carbocycles. The first-order valence-electron chi connectivity index (χ1n) is 35.3. The molecule has 4 aliphatic rings. The fourth-order valence-corrected chi connectivity index (χ4v) is 14.2. The highest BCUT2D eigenvalue weighted by Crippen LogP contribution is 2.40. The molecule has 14 nitrogen and oxygen atoms in total. The number of morpholine rings is 2. The third-order valence-electron chi connectivity index (χ3n) is 18.4. The van der Waals surface area contributed by atoms with E-state index in [-0.39, 0.29) is 44.8 Å². The Morgan fingerprint density at radius 1 is 0.495 bits per heavy atom.